The van der Waals surface area contributed by atoms with Crippen molar-refractivity contribution in [2.24, 2.45) is 5.92 Å². The van der Waals surface area contributed by atoms with Gasteiger partial charge in [-0.15, -0.1) is 0 Å². The molecule has 1 aliphatic rings. The minimum atomic E-state index is -3.24. The summed E-state index contributed by atoms with van der Waals surface area (Å²) in [7, 11) is -3.24. The van der Waals surface area contributed by atoms with Crippen molar-refractivity contribution in [3.05, 3.63) is 30.4 Å². The maximum atomic E-state index is 11.8. The Hall–Kier alpha value is -1.96. The fourth-order valence-electron chi connectivity index (χ4n) is 2.92. The summed E-state index contributed by atoms with van der Waals surface area (Å²) >= 11 is 0. The molecule has 3 heterocycles. The predicted octanol–water partition coefficient (Wildman–Crippen LogP) is 1.06. The summed E-state index contributed by atoms with van der Waals surface area (Å²) in [5.74, 6) is 1.10. The van der Waals surface area contributed by atoms with Crippen molar-refractivity contribution >= 4 is 15.8 Å². The summed E-state index contributed by atoms with van der Waals surface area (Å²) in [6.07, 6.45) is 8.87. The number of anilines is 1. The van der Waals surface area contributed by atoms with E-state index >= 15 is 0 Å². The molecule has 1 atom stereocenters. The van der Waals surface area contributed by atoms with Crippen LogP contribution in [0, 0.1) is 5.92 Å². The van der Waals surface area contributed by atoms with Gasteiger partial charge in [0.05, 0.1) is 11.9 Å². The van der Waals surface area contributed by atoms with Gasteiger partial charge in [0.25, 0.3) is 0 Å². The number of H-pyrrole nitrogens is 1. The number of rotatable bonds is 4. The molecule has 0 saturated carbocycles. The third-order valence-electron chi connectivity index (χ3n) is 3.92. The Morgan fingerprint density at radius 2 is 2.14 bits per heavy atom. The molecule has 0 bridgehead atoms. The Kier molecular flexibility index (Phi) is 4.10. The van der Waals surface area contributed by atoms with Crippen LogP contribution in [0.4, 0.5) is 5.95 Å². The Morgan fingerprint density at radius 1 is 1.36 bits per heavy atom. The summed E-state index contributed by atoms with van der Waals surface area (Å²) < 4.78 is 23.5. The Labute approximate surface area is 129 Å². The molecular weight excluding hydrogens is 302 g/mol. The monoisotopic (exact) mass is 321 g/mol. The first kappa shape index (κ1) is 15.0. The van der Waals surface area contributed by atoms with Crippen LogP contribution in [-0.4, -0.2) is 47.9 Å². The van der Waals surface area contributed by atoms with E-state index in [9.17, 15) is 8.42 Å². The van der Waals surface area contributed by atoms with Gasteiger partial charge in [0.1, 0.15) is 4.90 Å². The lowest BCUT2D eigenvalue weighted by Crippen LogP contribution is -2.37. The van der Waals surface area contributed by atoms with Crippen LogP contribution >= 0.6 is 0 Å². The average molecular weight is 321 g/mol. The second-order valence-electron chi connectivity index (χ2n) is 5.69. The molecule has 22 heavy (non-hydrogen) atoms. The van der Waals surface area contributed by atoms with Crippen LogP contribution < -0.4 is 4.90 Å². The van der Waals surface area contributed by atoms with Gasteiger partial charge in [0, 0.05) is 31.7 Å². The van der Waals surface area contributed by atoms with Gasteiger partial charge in [0.15, 0.2) is 9.84 Å². The zero-order valence-corrected chi connectivity index (χ0v) is 13.3. The predicted molar refractivity (Wildman–Crippen MR) is 82.4 cm³/mol. The number of aromatic nitrogens is 4. The largest absolute Gasteiger partial charge is 0.341 e. The van der Waals surface area contributed by atoms with Crippen LogP contribution in [0.2, 0.25) is 0 Å². The van der Waals surface area contributed by atoms with E-state index in [2.05, 4.69) is 25.1 Å². The zero-order chi connectivity index (χ0) is 15.6. The Balaban J connectivity index is 1.73. The minimum Gasteiger partial charge on any atom is -0.341 e. The molecule has 118 valence electrons. The highest BCUT2D eigenvalue weighted by atomic mass is 32.2. The topological polar surface area (TPSA) is 91.8 Å². The molecule has 1 N–H and O–H groups in total. The van der Waals surface area contributed by atoms with E-state index in [1.54, 1.807) is 18.5 Å². The number of hydrogen-bond donors (Lipinski definition) is 1. The van der Waals surface area contributed by atoms with Crippen LogP contribution in [0.25, 0.3) is 0 Å². The van der Waals surface area contributed by atoms with E-state index in [0.29, 0.717) is 22.9 Å². The van der Waals surface area contributed by atoms with Gasteiger partial charge in [-0.1, -0.05) is 0 Å². The molecule has 3 rings (SSSR count). The second kappa shape index (κ2) is 6.04. The van der Waals surface area contributed by atoms with Gasteiger partial charge < -0.3 is 4.90 Å². The van der Waals surface area contributed by atoms with Crippen molar-refractivity contribution in [3.8, 4) is 0 Å². The molecule has 2 aromatic rings. The van der Waals surface area contributed by atoms with Crippen LogP contribution in [0.1, 0.15) is 18.5 Å². The summed E-state index contributed by atoms with van der Waals surface area (Å²) in [6.45, 7) is 1.76. The molecule has 0 spiro atoms. The van der Waals surface area contributed by atoms with Crippen LogP contribution in [0.15, 0.2) is 29.6 Å². The van der Waals surface area contributed by atoms with Crippen LogP contribution in [0.5, 0.6) is 0 Å². The van der Waals surface area contributed by atoms with Crippen LogP contribution in [-0.2, 0) is 16.3 Å². The number of piperidine rings is 1. The number of aromatic amines is 1. The number of hydrogen-bond acceptors (Lipinski definition) is 6. The van der Waals surface area contributed by atoms with Crippen LogP contribution in [0.3, 0.4) is 0 Å². The second-order valence-corrected chi connectivity index (χ2v) is 7.68. The van der Waals surface area contributed by atoms with Crippen molar-refractivity contribution < 1.29 is 8.42 Å². The average Bonchev–Trinajstić information content (AvgIpc) is 2.97. The maximum absolute atomic E-state index is 11.8. The quantitative estimate of drug-likeness (QED) is 0.905. The lowest BCUT2D eigenvalue weighted by molar-refractivity contribution is 0.404. The fraction of sp³-hybridized carbons (Fsp3) is 0.500. The standard InChI is InChI=1S/C14H19N5O2S/c1-22(20,21)13-9-17-18-12(13)8-11-4-2-7-19(10-11)14-15-5-3-6-16-14/h3,5-6,9,11H,2,4,7-8,10H2,1H3,(H,17,18)/t11-/m0/s1. The molecule has 8 heteroatoms. The summed E-state index contributed by atoms with van der Waals surface area (Å²) in [5.41, 5.74) is 0.698. The van der Waals surface area contributed by atoms with Crippen molar-refractivity contribution in [2.45, 2.75) is 24.2 Å². The van der Waals surface area contributed by atoms with Crippen molar-refractivity contribution in [3.63, 3.8) is 0 Å². The first-order chi connectivity index (χ1) is 10.5. The smallest absolute Gasteiger partial charge is 0.225 e. The molecule has 0 radical (unpaired) electrons. The van der Waals surface area contributed by atoms with Gasteiger partial charge in [0.2, 0.25) is 5.95 Å². The fourth-order valence-corrected chi connectivity index (χ4v) is 3.74. The first-order valence-corrected chi connectivity index (χ1v) is 9.17. The molecule has 0 aromatic carbocycles. The molecule has 0 amide bonds. The third-order valence-corrected chi connectivity index (χ3v) is 5.08. The zero-order valence-electron chi connectivity index (χ0n) is 12.4. The Morgan fingerprint density at radius 3 is 2.86 bits per heavy atom. The molecule has 0 unspecified atom stereocenters. The summed E-state index contributed by atoms with van der Waals surface area (Å²) in [4.78, 5) is 11.0. The normalized spacial score (nSPS) is 19.3. The lowest BCUT2D eigenvalue weighted by atomic mass is 9.93. The molecule has 0 aliphatic carbocycles. The third kappa shape index (κ3) is 3.27. The van der Waals surface area contributed by atoms with Gasteiger partial charge in [-0.2, -0.15) is 5.10 Å². The van der Waals surface area contributed by atoms with E-state index in [4.69, 9.17) is 0 Å². The van der Waals surface area contributed by atoms with Gasteiger partial charge in [-0.3, -0.25) is 5.10 Å². The number of nitrogens with one attached hydrogen (secondary N) is 1. The molecule has 1 aliphatic heterocycles. The highest BCUT2D eigenvalue weighted by Gasteiger charge is 2.25. The first-order valence-electron chi connectivity index (χ1n) is 7.28. The molecule has 7 nitrogen and oxygen atoms in total. The summed E-state index contributed by atoms with van der Waals surface area (Å²) in [6, 6.07) is 1.80. The molecule has 1 fully saturated rings. The SMILES string of the molecule is CS(=O)(=O)c1cn[nH]c1C[C@@H]1CCCN(c2ncccn2)C1. The Bertz CT molecular complexity index is 729. The lowest BCUT2D eigenvalue weighted by Gasteiger charge is -2.32. The van der Waals surface area contributed by atoms with E-state index in [1.807, 2.05) is 0 Å². The molecule has 1 saturated heterocycles. The van der Waals surface area contributed by atoms with Gasteiger partial charge in [-0.25, -0.2) is 18.4 Å². The molecular formula is C14H19N5O2S. The van der Waals surface area contributed by atoms with Crippen molar-refractivity contribution in [2.75, 3.05) is 24.2 Å². The number of nitrogens with zero attached hydrogens (tertiary/aromatic N) is 4. The minimum absolute atomic E-state index is 0.306. The number of sulfone groups is 1. The maximum Gasteiger partial charge on any atom is 0.225 e. The highest BCUT2D eigenvalue weighted by Crippen LogP contribution is 2.25. The van der Waals surface area contributed by atoms with Crippen molar-refractivity contribution in [1.29, 1.82) is 0 Å². The highest BCUT2D eigenvalue weighted by molar-refractivity contribution is 7.90. The van der Waals surface area contributed by atoms with Crippen molar-refractivity contribution in [1.82, 2.24) is 20.2 Å². The van der Waals surface area contributed by atoms with E-state index in [-0.39, 0.29) is 0 Å². The summed E-state index contributed by atoms with van der Waals surface area (Å²) in [5, 5.41) is 6.72. The van der Waals surface area contributed by atoms with Gasteiger partial charge >= 0.3 is 0 Å². The van der Waals surface area contributed by atoms with E-state index < -0.39 is 9.84 Å². The van der Waals surface area contributed by atoms with E-state index in [0.717, 1.165) is 31.9 Å². The van der Waals surface area contributed by atoms with Gasteiger partial charge in [-0.05, 0) is 31.2 Å². The van der Waals surface area contributed by atoms with E-state index in [1.165, 1.54) is 12.5 Å². The molecule has 2 aromatic heterocycles.